The van der Waals surface area contributed by atoms with Crippen molar-refractivity contribution in [3.8, 4) is 5.75 Å². The number of likely N-dealkylation sites (tertiary alicyclic amines) is 1. The second kappa shape index (κ2) is 11.7. The number of rotatable bonds is 8. The number of piperidine rings is 1. The predicted octanol–water partition coefficient (Wildman–Crippen LogP) is 4.18. The molecule has 4 atom stereocenters. The summed E-state index contributed by atoms with van der Waals surface area (Å²) in [5.74, 6) is 1.07. The number of aromatic nitrogens is 1. The Labute approximate surface area is 251 Å². The molecule has 1 saturated carbocycles. The van der Waals surface area contributed by atoms with Crippen LogP contribution in [0.1, 0.15) is 71.6 Å². The third-order valence-corrected chi connectivity index (χ3v) is 9.57. The summed E-state index contributed by atoms with van der Waals surface area (Å²) in [6.45, 7) is 3.84. The van der Waals surface area contributed by atoms with Crippen LogP contribution in [0.3, 0.4) is 0 Å². The van der Waals surface area contributed by atoms with Crippen LogP contribution in [0, 0.1) is 5.92 Å². The lowest BCUT2D eigenvalue weighted by atomic mass is 10.00. The maximum Gasteiger partial charge on any atom is 0.255 e. The van der Waals surface area contributed by atoms with Gasteiger partial charge in [-0.15, -0.1) is 0 Å². The van der Waals surface area contributed by atoms with Crippen molar-refractivity contribution < 1.29 is 23.9 Å². The molecule has 3 aromatic rings. The summed E-state index contributed by atoms with van der Waals surface area (Å²) < 4.78 is 11.7. The van der Waals surface area contributed by atoms with Crippen molar-refractivity contribution in [1.29, 1.82) is 0 Å². The van der Waals surface area contributed by atoms with Crippen LogP contribution in [0.4, 0.5) is 0 Å². The molecule has 3 fully saturated rings. The molecule has 4 heterocycles. The molecule has 2 aromatic carbocycles. The zero-order valence-corrected chi connectivity index (χ0v) is 24.6. The predicted molar refractivity (Wildman–Crippen MR) is 160 cm³/mol. The molecule has 1 aromatic heterocycles. The van der Waals surface area contributed by atoms with E-state index < -0.39 is 11.9 Å². The molecule has 1 unspecified atom stereocenters. The van der Waals surface area contributed by atoms with Crippen molar-refractivity contribution in [2.45, 2.75) is 69.7 Å². The van der Waals surface area contributed by atoms with E-state index >= 15 is 0 Å². The molecule has 0 radical (unpaired) electrons. The SMILES string of the molecule is COC[C@@H]1CC[C@H](c2ccc3cc(CN4CC[C@H](Oc5ccc6c(c5)CN(C5CCC(=O)NC5=O)C6=O)C4)ccc3n2)C1. The minimum Gasteiger partial charge on any atom is -0.489 e. The topological polar surface area (TPSA) is 101 Å². The van der Waals surface area contributed by atoms with Gasteiger partial charge in [-0.2, -0.15) is 0 Å². The lowest BCUT2D eigenvalue weighted by molar-refractivity contribution is -0.136. The number of pyridine rings is 1. The number of amides is 3. The minimum absolute atomic E-state index is 0.0689. The van der Waals surface area contributed by atoms with Crippen LogP contribution >= 0.6 is 0 Å². The van der Waals surface area contributed by atoms with Crippen LogP contribution in [0.25, 0.3) is 10.9 Å². The average molecular weight is 583 g/mol. The van der Waals surface area contributed by atoms with Crippen LogP contribution in [-0.2, 0) is 27.4 Å². The summed E-state index contributed by atoms with van der Waals surface area (Å²) in [4.78, 5) is 45.9. The van der Waals surface area contributed by atoms with Gasteiger partial charge in [0.2, 0.25) is 11.8 Å². The highest BCUT2D eigenvalue weighted by Gasteiger charge is 2.39. The zero-order valence-electron chi connectivity index (χ0n) is 24.6. The Morgan fingerprint density at radius 2 is 1.91 bits per heavy atom. The second-order valence-electron chi connectivity index (χ2n) is 12.6. The first kappa shape index (κ1) is 28.0. The van der Waals surface area contributed by atoms with Crippen LogP contribution in [-0.4, -0.2) is 71.5 Å². The van der Waals surface area contributed by atoms with Gasteiger partial charge in [-0.1, -0.05) is 12.1 Å². The number of benzene rings is 2. The number of imide groups is 1. The van der Waals surface area contributed by atoms with Gasteiger partial charge < -0.3 is 14.4 Å². The molecule has 2 saturated heterocycles. The van der Waals surface area contributed by atoms with E-state index in [2.05, 4.69) is 40.5 Å². The van der Waals surface area contributed by atoms with Crippen LogP contribution in [0.5, 0.6) is 5.75 Å². The summed E-state index contributed by atoms with van der Waals surface area (Å²) in [5, 5.41) is 3.53. The number of carbonyl (C=O) groups excluding carboxylic acids is 3. The molecule has 9 heteroatoms. The number of carbonyl (C=O) groups is 3. The minimum atomic E-state index is -0.612. The summed E-state index contributed by atoms with van der Waals surface area (Å²) in [6.07, 6.45) is 5.17. The molecule has 3 aliphatic heterocycles. The largest absolute Gasteiger partial charge is 0.489 e. The molecule has 7 rings (SSSR count). The van der Waals surface area contributed by atoms with E-state index in [1.54, 1.807) is 18.1 Å². The van der Waals surface area contributed by atoms with Crippen LogP contribution < -0.4 is 10.1 Å². The molecule has 43 heavy (non-hydrogen) atoms. The number of nitrogens with one attached hydrogen (secondary N) is 1. The monoisotopic (exact) mass is 582 g/mol. The van der Waals surface area contributed by atoms with Gasteiger partial charge in [0.1, 0.15) is 17.9 Å². The first-order chi connectivity index (χ1) is 20.9. The summed E-state index contributed by atoms with van der Waals surface area (Å²) in [7, 11) is 1.79. The lowest BCUT2D eigenvalue weighted by Gasteiger charge is -2.29. The van der Waals surface area contributed by atoms with Crippen molar-refractivity contribution in [3.05, 3.63) is 70.9 Å². The van der Waals surface area contributed by atoms with E-state index in [1.165, 1.54) is 29.5 Å². The van der Waals surface area contributed by atoms with Gasteiger partial charge in [-0.3, -0.25) is 29.6 Å². The van der Waals surface area contributed by atoms with Gasteiger partial charge >= 0.3 is 0 Å². The van der Waals surface area contributed by atoms with Gasteiger partial charge in [-0.25, -0.2) is 0 Å². The van der Waals surface area contributed by atoms with Crippen molar-refractivity contribution >= 4 is 28.6 Å². The first-order valence-corrected chi connectivity index (χ1v) is 15.5. The highest BCUT2D eigenvalue weighted by atomic mass is 16.5. The molecule has 224 valence electrons. The maximum atomic E-state index is 13.0. The van der Waals surface area contributed by atoms with Gasteiger partial charge in [0.15, 0.2) is 0 Å². The van der Waals surface area contributed by atoms with E-state index in [4.69, 9.17) is 14.5 Å². The van der Waals surface area contributed by atoms with Crippen LogP contribution in [0.2, 0.25) is 0 Å². The van der Waals surface area contributed by atoms with Crippen molar-refractivity contribution in [2.75, 3.05) is 26.8 Å². The molecule has 4 aliphatic rings. The molecular weight excluding hydrogens is 544 g/mol. The Kier molecular flexibility index (Phi) is 7.61. The van der Waals surface area contributed by atoms with E-state index in [1.807, 2.05) is 12.1 Å². The molecule has 0 bridgehead atoms. The van der Waals surface area contributed by atoms with Crippen molar-refractivity contribution in [1.82, 2.24) is 20.1 Å². The molecule has 0 spiro atoms. The van der Waals surface area contributed by atoms with Crippen molar-refractivity contribution in [2.24, 2.45) is 5.92 Å². The third-order valence-electron chi connectivity index (χ3n) is 9.57. The van der Waals surface area contributed by atoms with E-state index in [9.17, 15) is 14.4 Å². The summed E-state index contributed by atoms with van der Waals surface area (Å²) in [6, 6.07) is 16.0. The summed E-state index contributed by atoms with van der Waals surface area (Å²) >= 11 is 0. The highest BCUT2D eigenvalue weighted by Crippen LogP contribution is 2.38. The Hall–Kier alpha value is -3.82. The van der Waals surface area contributed by atoms with Gasteiger partial charge in [0.25, 0.3) is 5.91 Å². The Morgan fingerprint density at radius 1 is 1.00 bits per heavy atom. The number of hydrogen-bond acceptors (Lipinski definition) is 7. The smallest absolute Gasteiger partial charge is 0.255 e. The standard InChI is InChI=1S/C34H38N4O5/c1-42-20-22-2-4-23(15-22)30-9-5-24-14-21(3-8-29(24)35-30)17-37-13-12-27(19-37)43-26-6-7-28-25(16-26)18-38(34(28)41)31-10-11-32(39)36-33(31)40/h3,5-9,14,16,22-23,27,31H,2,4,10-13,15,17-20H2,1H3,(H,36,39,40)/t22-,23+,27+,31?/m1/s1. The number of methoxy groups -OCH3 is 1. The fourth-order valence-corrected chi connectivity index (χ4v) is 7.36. The number of hydrogen-bond donors (Lipinski definition) is 1. The van der Waals surface area contributed by atoms with Gasteiger partial charge in [-0.05, 0) is 85.5 Å². The molecule has 3 amide bonds. The fraction of sp³-hybridized carbons (Fsp3) is 0.471. The second-order valence-corrected chi connectivity index (χ2v) is 12.6. The quantitative estimate of drug-likeness (QED) is 0.398. The Morgan fingerprint density at radius 3 is 2.77 bits per heavy atom. The maximum absolute atomic E-state index is 13.0. The van der Waals surface area contributed by atoms with Crippen molar-refractivity contribution in [3.63, 3.8) is 0 Å². The number of nitrogens with zero attached hydrogens (tertiary/aromatic N) is 3. The summed E-state index contributed by atoms with van der Waals surface area (Å²) in [5.41, 5.74) is 5.00. The third kappa shape index (κ3) is 5.76. The van der Waals surface area contributed by atoms with Gasteiger partial charge in [0.05, 0.1) is 5.52 Å². The van der Waals surface area contributed by atoms with Crippen LogP contribution in [0.15, 0.2) is 48.5 Å². The zero-order chi connectivity index (χ0) is 29.5. The molecule has 9 nitrogen and oxygen atoms in total. The average Bonchev–Trinajstić information content (AvgIpc) is 3.73. The Bertz CT molecular complexity index is 1570. The lowest BCUT2D eigenvalue weighted by Crippen LogP contribution is -2.52. The normalized spacial score (nSPS) is 25.9. The highest BCUT2D eigenvalue weighted by molar-refractivity contribution is 6.05. The van der Waals surface area contributed by atoms with Gasteiger partial charge in [0, 0.05) is 68.9 Å². The number of ether oxygens (including phenoxy) is 2. The Balaban J connectivity index is 0.946. The number of fused-ring (bicyclic) bond motifs is 2. The molecule has 1 aliphatic carbocycles. The fourth-order valence-electron chi connectivity index (χ4n) is 7.36. The first-order valence-electron chi connectivity index (χ1n) is 15.5. The molecular formula is C34H38N4O5. The molecule has 1 N–H and O–H groups in total. The van der Waals surface area contributed by atoms with E-state index in [0.717, 1.165) is 55.9 Å². The van der Waals surface area contributed by atoms with E-state index in [-0.39, 0.29) is 24.3 Å². The van der Waals surface area contributed by atoms with E-state index in [0.29, 0.717) is 30.4 Å².